The molecule has 2 aromatic carbocycles. The van der Waals surface area contributed by atoms with Crippen LogP contribution in [-0.2, 0) is 16.1 Å². The summed E-state index contributed by atoms with van der Waals surface area (Å²) in [6.45, 7) is 0.146. The number of aromatic nitrogens is 1. The van der Waals surface area contributed by atoms with E-state index in [-0.39, 0.29) is 24.7 Å². The molecule has 1 aromatic heterocycles. The first-order valence-corrected chi connectivity index (χ1v) is 10.0. The van der Waals surface area contributed by atoms with Crippen molar-refractivity contribution < 1.29 is 19.1 Å². The summed E-state index contributed by atoms with van der Waals surface area (Å²) in [4.78, 5) is 30.7. The zero-order valence-corrected chi connectivity index (χ0v) is 16.1. The van der Waals surface area contributed by atoms with Gasteiger partial charge in [-0.1, -0.05) is 17.7 Å². The first kappa shape index (κ1) is 18.2. The highest BCUT2D eigenvalue weighted by Gasteiger charge is 2.36. The Labute approximate surface area is 166 Å². The summed E-state index contributed by atoms with van der Waals surface area (Å²) >= 11 is 8.90. The quantitative estimate of drug-likeness (QED) is 0.666. The van der Waals surface area contributed by atoms with Crippen LogP contribution in [-0.4, -0.2) is 27.2 Å². The van der Waals surface area contributed by atoms with E-state index in [1.54, 1.807) is 18.2 Å². The molecule has 0 fully saturated rings. The summed E-state index contributed by atoms with van der Waals surface area (Å²) in [5, 5.41) is 9.42. The van der Waals surface area contributed by atoms with Gasteiger partial charge in [0.05, 0.1) is 39.1 Å². The van der Waals surface area contributed by atoms with Gasteiger partial charge in [0, 0.05) is 11.0 Å². The average molecular weight is 423 g/mol. The Kier molecular flexibility index (Phi) is 4.79. The predicted molar refractivity (Wildman–Crippen MR) is 104 cm³/mol. The number of fused-ring (bicyclic) bond motifs is 2. The van der Waals surface area contributed by atoms with Gasteiger partial charge in [-0.3, -0.25) is 9.59 Å². The van der Waals surface area contributed by atoms with E-state index < -0.39 is 11.2 Å². The standard InChI is InChI=1S/C18H12ClFN2O3S2/c19-10-2-1-3-13-17(10)22(18(25)14(26-13)7-16(23)24)8-15-21-11-6-9(20)4-5-12(11)27-15/h1-6,14H,7-8H2,(H,23,24). The summed E-state index contributed by atoms with van der Waals surface area (Å²) in [5.41, 5.74) is 1.08. The number of hydrogen-bond donors (Lipinski definition) is 1. The van der Waals surface area contributed by atoms with Crippen molar-refractivity contribution in [2.75, 3.05) is 4.90 Å². The fourth-order valence-corrected chi connectivity index (χ4v) is 5.45. The lowest BCUT2D eigenvalue weighted by atomic mass is 10.2. The molecule has 138 valence electrons. The van der Waals surface area contributed by atoms with Crippen LogP contribution in [0.1, 0.15) is 11.4 Å². The van der Waals surface area contributed by atoms with E-state index >= 15 is 0 Å². The van der Waals surface area contributed by atoms with Gasteiger partial charge in [-0.25, -0.2) is 9.37 Å². The van der Waals surface area contributed by atoms with Crippen LogP contribution in [0.4, 0.5) is 10.1 Å². The third-order valence-corrected chi connectivity index (χ3v) is 6.64. The number of carboxylic acid groups (broad SMARTS) is 1. The van der Waals surface area contributed by atoms with E-state index in [0.717, 1.165) is 9.60 Å². The van der Waals surface area contributed by atoms with Gasteiger partial charge in [-0.05, 0) is 24.3 Å². The van der Waals surface area contributed by atoms with Crippen molar-refractivity contribution in [3.63, 3.8) is 0 Å². The van der Waals surface area contributed by atoms with E-state index in [0.29, 0.717) is 21.2 Å². The number of para-hydroxylation sites is 1. The molecule has 0 radical (unpaired) electrons. The van der Waals surface area contributed by atoms with E-state index in [4.69, 9.17) is 16.7 Å². The number of amides is 1. The lowest BCUT2D eigenvalue weighted by Crippen LogP contribution is -2.41. The molecule has 0 bridgehead atoms. The summed E-state index contributed by atoms with van der Waals surface area (Å²) in [6.07, 6.45) is -0.281. The van der Waals surface area contributed by atoms with E-state index in [1.807, 2.05) is 6.07 Å². The van der Waals surface area contributed by atoms with Gasteiger partial charge in [0.2, 0.25) is 5.91 Å². The first-order valence-electron chi connectivity index (χ1n) is 7.95. The smallest absolute Gasteiger partial charge is 0.305 e. The molecule has 0 saturated heterocycles. The molecule has 2 heterocycles. The van der Waals surface area contributed by atoms with Gasteiger partial charge >= 0.3 is 5.97 Å². The minimum absolute atomic E-state index is 0.146. The predicted octanol–water partition coefficient (Wildman–Crippen LogP) is 4.57. The number of thioether (sulfide) groups is 1. The fourth-order valence-electron chi connectivity index (χ4n) is 2.94. The maximum absolute atomic E-state index is 13.4. The number of halogens is 2. The second kappa shape index (κ2) is 7.10. The summed E-state index contributed by atoms with van der Waals surface area (Å²) < 4.78 is 14.2. The van der Waals surface area contributed by atoms with Gasteiger partial charge in [0.1, 0.15) is 10.8 Å². The minimum Gasteiger partial charge on any atom is -0.481 e. The monoisotopic (exact) mass is 422 g/mol. The molecular weight excluding hydrogens is 411 g/mol. The van der Waals surface area contributed by atoms with Crippen molar-refractivity contribution in [1.29, 1.82) is 0 Å². The molecule has 1 N–H and O–H groups in total. The van der Waals surface area contributed by atoms with Crippen molar-refractivity contribution in [3.05, 3.63) is 52.2 Å². The second-order valence-electron chi connectivity index (χ2n) is 5.93. The van der Waals surface area contributed by atoms with Crippen LogP contribution in [0, 0.1) is 5.82 Å². The normalized spacial score (nSPS) is 16.6. The van der Waals surface area contributed by atoms with Gasteiger partial charge in [-0.15, -0.1) is 23.1 Å². The van der Waals surface area contributed by atoms with E-state index in [1.165, 1.54) is 40.1 Å². The lowest BCUT2D eigenvalue weighted by Gasteiger charge is -2.33. The number of hydrogen-bond acceptors (Lipinski definition) is 5. The second-order valence-corrected chi connectivity index (χ2v) is 8.70. The van der Waals surface area contributed by atoms with Crippen LogP contribution in [0.15, 0.2) is 41.3 Å². The molecule has 5 nitrogen and oxygen atoms in total. The molecule has 0 saturated carbocycles. The Hall–Kier alpha value is -2.16. The molecule has 4 rings (SSSR count). The number of carbonyl (C=O) groups excluding carboxylic acids is 1. The maximum atomic E-state index is 13.4. The van der Waals surface area contributed by atoms with E-state index in [2.05, 4.69) is 4.98 Å². The first-order chi connectivity index (χ1) is 12.9. The third-order valence-electron chi connectivity index (χ3n) is 4.08. The molecule has 1 unspecified atom stereocenters. The number of aliphatic carboxylic acids is 1. The average Bonchev–Trinajstić information content (AvgIpc) is 2.99. The molecule has 1 aliphatic heterocycles. The Morgan fingerprint density at radius 2 is 2.15 bits per heavy atom. The van der Waals surface area contributed by atoms with Crippen molar-refractivity contribution in [3.8, 4) is 0 Å². The molecular formula is C18H12ClFN2O3S2. The molecule has 1 amide bonds. The minimum atomic E-state index is -1.04. The number of benzene rings is 2. The summed E-state index contributed by atoms with van der Waals surface area (Å²) in [5.74, 6) is -1.74. The molecule has 0 spiro atoms. The van der Waals surface area contributed by atoms with Crippen LogP contribution < -0.4 is 4.90 Å². The molecule has 1 aliphatic rings. The third kappa shape index (κ3) is 3.52. The zero-order chi connectivity index (χ0) is 19.1. The van der Waals surface area contributed by atoms with Gasteiger partial charge < -0.3 is 10.0 Å². The maximum Gasteiger partial charge on any atom is 0.305 e. The highest BCUT2D eigenvalue weighted by Crippen LogP contribution is 2.45. The lowest BCUT2D eigenvalue weighted by molar-refractivity contribution is -0.138. The van der Waals surface area contributed by atoms with Crippen molar-refractivity contribution in [2.24, 2.45) is 0 Å². The number of thiazole rings is 1. The van der Waals surface area contributed by atoms with Crippen LogP contribution in [0.3, 0.4) is 0 Å². The number of nitrogens with zero attached hydrogens (tertiary/aromatic N) is 2. The van der Waals surface area contributed by atoms with Gasteiger partial charge in [0.15, 0.2) is 0 Å². The summed E-state index contributed by atoms with van der Waals surface area (Å²) in [6, 6.07) is 9.62. The molecule has 9 heteroatoms. The summed E-state index contributed by atoms with van der Waals surface area (Å²) in [7, 11) is 0. The molecule has 3 aromatic rings. The van der Waals surface area contributed by atoms with Crippen LogP contribution >= 0.6 is 34.7 Å². The Morgan fingerprint density at radius 3 is 2.93 bits per heavy atom. The highest BCUT2D eigenvalue weighted by molar-refractivity contribution is 8.01. The number of carbonyl (C=O) groups is 2. The number of rotatable bonds is 4. The molecule has 0 aliphatic carbocycles. The van der Waals surface area contributed by atoms with Crippen LogP contribution in [0.25, 0.3) is 10.2 Å². The molecule has 27 heavy (non-hydrogen) atoms. The fraction of sp³-hybridized carbons (Fsp3) is 0.167. The molecule has 1 atom stereocenters. The van der Waals surface area contributed by atoms with Crippen molar-refractivity contribution in [1.82, 2.24) is 4.98 Å². The van der Waals surface area contributed by atoms with Gasteiger partial charge in [0.25, 0.3) is 0 Å². The Bertz CT molecular complexity index is 1070. The number of anilines is 1. The van der Waals surface area contributed by atoms with E-state index in [9.17, 15) is 14.0 Å². The van der Waals surface area contributed by atoms with Gasteiger partial charge in [-0.2, -0.15) is 0 Å². The highest BCUT2D eigenvalue weighted by atomic mass is 35.5. The Morgan fingerprint density at radius 1 is 1.33 bits per heavy atom. The van der Waals surface area contributed by atoms with Crippen LogP contribution in [0.2, 0.25) is 5.02 Å². The SMILES string of the molecule is O=C(O)CC1Sc2cccc(Cl)c2N(Cc2nc3cc(F)ccc3s2)C1=O. The van der Waals surface area contributed by atoms with Crippen LogP contribution in [0.5, 0.6) is 0 Å². The van der Waals surface area contributed by atoms with Crippen molar-refractivity contribution in [2.45, 2.75) is 23.1 Å². The van der Waals surface area contributed by atoms with Crippen molar-refractivity contribution >= 4 is 62.5 Å². The topological polar surface area (TPSA) is 70.5 Å². The largest absolute Gasteiger partial charge is 0.481 e. The zero-order valence-electron chi connectivity index (χ0n) is 13.7. The Balaban J connectivity index is 1.74. The number of carboxylic acids is 1.